The lowest BCUT2D eigenvalue weighted by atomic mass is 9.90. The molecular formula is C30H33N3OS2. The van der Waals surface area contributed by atoms with Gasteiger partial charge in [-0.2, -0.15) is 0 Å². The van der Waals surface area contributed by atoms with Crippen molar-refractivity contribution in [1.29, 1.82) is 0 Å². The van der Waals surface area contributed by atoms with E-state index in [-0.39, 0.29) is 5.91 Å². The summed E-state index contributed by atoms with van der Waals surface area (Å²) in [6, 6.07) is 19.3. The minimum absolute atomic E-state index is 0.00978. The molecule has 2 aromatic carbocycles. The van der Waals surface area contributed by atoms with E-state index in [0.29, 0.717) is 27.6 Å². The lowest BCUT2D eigenvalue weighted by Gasteiger charge is -2.34. The number of anilines is 1. The van der Waals surface area contributed by atoms with E-state index in [1.165, 1.54) is 22.9 Å². The van der Waals surface area contributed by atoms with Crippen LogP contribution in [0.15, 0.2) is 59.5 Å². The number of pyridine rings is 1. The lowest BCUT2D eigenvalue weighted by Crippen LogP contribution is -2.35. The van der Waals surface area contributed by atoms with Crippen LogP contribution in [0.3, 0.4) is 0 Å². The summed E-state index contributed by atoms with van der Waals surface area (Å²) in [5.41, 5.74) is 4.62. The first-order valence-electron chi connectivity index (χ1n) is 12.8. The van der Waals surface area contributed by atoms with Gasteiger partial charge < -0.3 is 4.90 Å². The van der Waals surface area contributed by atoms with Gasteiger partial charge in [0.2, 0.25) is 0 Å². The van der Waals surface area contributed by atoms with Crippen LogP contribution in [0.4, 0.5) is 5.82 Å². The first kappa shape index (κ1) is 25.0. The molecule has 0 bridgehead atoms. The molecule has 2 aliphatic heterocycles. The Hall–Kier alpha value is -2.70. The van der Waals surface area contributed by atoms with Gasteiger partial charge in [-0.3, -0.25) is 9.69 Å². The predicted molar refractivity (Wildman–Crippen MR) is 156 cm³/mol. The normalized spacial score (nSPS) is 18.3. The maximum absolute atomic E-state index is 13.2. The number of nitrogens with zero attached hydrogens (tertiary/aromatic N) is 3. The molecule has 36 heavy (non-hydrogen) atoms. The van der Waals surface area contributed by atoms with Crippen LogP contribution in [0.5, 0.6) is 0 Å². The molecule has 0 aliphatic carbocycles. The number of carbonyl (C=O) groups is 1. The van der Waals surface area contributed by atoms with E-state index in [0.717, 1.165) is 54.6 Å². The SMILES string of the molecule is Cc1cccc2cc(/C=C3\SC(=S)N(CC(C)C)C3=O)c(N3CCC(Cc4ccccc4)CC3)nc12. The van der Waals surface area contributed by atoms with Crippen molar-refractivity contribution in [2.24, 2.45) is 11.8 Å². The van der Waals surface area contributed by atoms with E-state index in [4.69, 9.17) is 17.2 Å². The largest absolute Gasteiger partial charge is 0.356 e. The number of amides is 1. The Morgan fingerprint density at radius 1 is 1.11 bits per heavy atom. The third kappa shape index (κ3) is 5.35. The van der Waals surface area contributed by atoms with Crippen molar-refractivity contribution in [2.45, 2.75) is 40.0 Å². The zero-order valence-corrected chi connectivity index (χ0v) is 22.9. The summed E-state index contributed by atoms with van der Waals surface area (Å²) < 4.78 is 0.646. The number of thioether (sulfide) groups is 1. The standard InChI is InChI=1S/C30H33N3OS2/c1-20(2)19-33-29(34)26(36-30(33)35)18-25-17-24-11-7-8-21(3)27(24)31-28(25)32-14-12-23(13-15-32)16-22-9-5-4-6-10-22/h4-11,17-18,20,23H,12-16,19H2,1-3H3/b26-18-. The third-order valence-corrected chi connectivity index (χ3v) is 8.42. The van der Waals surface area contributed by atoms with Crippen molar-refractivity contribution in [1.82, 2.24) is 9.88 Å². The molecule has 1 aromatic heterocycles. The number of benzene rings is 2. The molecule has 0 saturated carbocycles. The second kappa shape index (κ2) is 10.7. The van der Waals surface area contributed by atoms with Crippen molar-refractivity contribution in [3.8, 4) is 0 Å². The van der Waals surface area contributed by atoms with Crippen LogP contribution in [0.2, 0.25) is 0 Å². The fraction of sp³-hybridized carbons (Fsp3) is 0.367. The molecular weight excluding hydrogens is 482 g/mol. The number of thiocarbonyl (C=S) groups is 1. The summed E-state index contributed by atoms with van der Waals surface area (Å²) >= 11 is 6.96. The van der Waals surface area contributed by atoms with Crippen LogP contribution in [-0.4, -0.2) is 39.7 Å². The molecule has 2 fully saturated rings. The fourth-order valence-corrected chi connectivity index (χ4v) is 6.44. The monoisotopic (exact) mass is 515 g/mol. The predicted octanol–water partition coefficient (Wildman–Crippen LogP) is 6.86. The molecule has 2 aliphatic rings. The molecule has 4 nitrogen and oxygen atoms in total. The quantitative estimate of drug-likeness (QED) is 0.265. The summed E-state index contributed by atoms with van der Waals surface area (Å²) in [6.45, 7) is 8.92. The highest BCUT2D eigenvalue weighted by Crippen LogP contribution is 2.36. The summed E-state index contributed by atoms with van der Waals surface area (Å²) in [6.07, 6.45) is 5.42. The van der Waals surface area contributed by atoms with E-state index < -0.39 is 0 Å². The molecule has 3 aromatic rings. The first-order chi connectivity index (χ1) is 17.4. The lowest BCUT2D eigenvalue weighted by molar-refractivity contribution is -0.122. The van der Waals surface area contributed by atoms with Crippen molar-refractivity contribution in [3.63, 3.8) is 0 Å². The number of aromatic nitrogens is 1. The molecule has 0 N–H and O–H groups in total. The van der Waals surface area contributed by atoms with Gasteiger partial charge in [0.15, 0.2) is 0 Å². The van der Waals surface area contributed by atoms with Crippen LogP contribution in [0.25, 0.3) is 17.0 Å². The number of rotatable bonds is 6. The summed E-state index contributed by atoms with van der Waals surface area (Å²) in [7, 11) is 0. The number of piperidine rings is 1. The number of hydrogen-bond acceptors (Lipinski definition) is 5. The molecule has 6 heteroatoms. The van der Waals surface area contributed by atoms with Gasteiger partial charge in [-0.05, 0) is 61.3 Å². The van der Waals surface area contributed by atoms with Gasteiger partial charge in [0.05, 0.1) is 10.4 Å². The minimum Gasteiger partial charge on any atom is -0.356 e. The second-order valence-electron chi connectivity index (χ2n) is 10.4. The van der Waals surface area contributed by atoms with Crippen molar-refractivity contribution in [2.75, 3.05) is 24.5 Å². The Balaban J connectivity index is 1.44. The maximum Gasteiger partial charge on any atom is 0.266 e. The number of para-hydroxylation sites is 1. The third-order valence-electron chi connectivity index (χ3n) is 7.05. The Morgan fingerprint density at radius 2 is 1.86 bits per heavy atom. The zero-order chi connectivity index (χ0) is 25.2. The van der Waals surface area contributed by atoms with Crippen molar-refractivity contribution >= 4 is 57.0 Å². The summed E-state index contributed by atoms with van der Waals surface area (Å²) in [5, 5.41) is 1.10. The van der Waals surface area contributed by atoms with Crippen molar-refractivity contribution < 1.29 is 4.79 Å². The average molecular weight is 516 g/mol. The molecule has 5 rings (SSSR count). The average Bonchev–Trinajstić information content (AvgIpc) is 3.12. The highest BCUT2D eigenvalue weighted by atomic mass is 32.2. The van der Waals surface area contributed by atoms with Crippen LogP contribution in [-0.2, 0) is 11.2 Å². The number of carbonyl (C=O) groups excluding carboxylic acids is 1. The molecule has 0 unspecified atom stereocenters. The Morgan fingerprint density at radius 3 is 2.58 bits per heavy atom. The highest BCUT2D eigenvalue weighted by Gasteiger charge is 2.33. The number of aryl methyl sites for hydroxylation is 1. The van der Waals surface area contributed by atoms with Crippen LogP contribution >= 0.6 is 24.0 Å². The Bertz CT molecular complexity index is 1310. The molecule has 186 valence electrons. The molecule has 0 atom stereocenters. The molecule has 1 amide bonds. The highest BCUT2D eigenvalue weighted by molar-refractivity contribution is 8.26. The van der Waals surface area contributed by atoms with Crippen LogP contribution in [0, 0.1) is 18.8 Å². The molecule has 0 radical (unpaired) electrons. The smallest absolute Gasteiger partial charge is 0.266 e. The van der Waals surface area contributed by atoms with Gasteiger partial charge in [0.1, 0.15) is 10.1 Å². The summed E-state index contributed by atoms with van der Waals surface area (Å²) in [4.78, 5) is 23.2. The minimum atomic E-state index is 0.00978. The Kier molecular flexibility index (Phi) is 7.44. The number of hydrogen-bond donors (Lipinski definition) is 0. The van der Waals surface area contributed by atoms with Crippen LogP contribution < -0.4 is 4.90 Å². The Labute approximate surface area is 223 Å². The molecule has 0 spiro atoms. The first-order valence-corrected chi connectivity index (χ1v) is 14.1. The van der Waals surface area contributed by atoms with Gasteiger partial charge in [-0.25, -0.2) is 4.98 Å². The van der Waals surface area contributed by atoms with Crippen molar-refractivity contribution in [3.05, 3.63) is 76.2 Å². The van der Waals surface area contributed by atoms with E-state index in [2.05, 4.69) is 80.3 Å². The molecule has 2 saturated heterocycles. The van der Waals surface area contributed by atoms with Crippen LogP contribution in [0.1, 0.15) is 43.4 Å². The second-order valence-corrected chi connectivity index (χ2v) is 12.0. The molecule has 3 heterocycles. The van der Waals surface area contributed by atoms with E-state index >= 15 is 0 Å². The van der Waals surface area contributed by atoms with Gasteiger partial charge in [-0.15, -0.1) is 0 Å². The van der Waals surface area contributed by atoms with Gasteiger partial charge >= 0.3 is 0 Å². The van der Waals surface area contributed by atoms with Gasteiger partial charge in [-0.1, -0.05) is 86.4 Å². The maximum atomic E-state index is 13.2. The van der Waals surface area contributed by atoms with Gasteiger partial charge in [0.25, 0.3) is 5.91 Å². The van der Waals surface area contributed by atoms with E-state index in [9.17, 15) is 4.79 Å². The topological polar surface area (TPSA) is 36.4 Å². The van der Waals surface area contributed by atoms with E-state index in [1.807, 2.05) is 6.08 Å². The van der Waals surface area contributed by atoms with Gasteiger partial charge in [0, 0.05) is 30.6 Å². The summed E-state index contributed by atoms with van der Waals surface area (Å²) in [5.74, 6) is 2.03. The fourth-order valence-electron chi connectivity index (χ4n) is 5.17. The number of fused-ring (bicyclic) bond motifs is 1. The van der Waals surface area contributed by atoms with E-state index in [1.54, 1.807) is 4.90 Å². The zero-order valence-electron chi connectivity index (χ0n) is 21.2.